The second-order valence-electron chi connectivity index (χ2n) is 10.2. The van der Waals surface area contributed by atoms with Gasteiger partial charge < -0.3 is 15.5 Å². The molecule has 0 bridgehead atoms. The van der Waals surface area contributed by atoms with Gasteiger partial charge in [-0.15, -0.1) is 0 Å². The van der Waals surface area contributed by atoms with Gasteiger partial charge >= 0.3 is 6.03 Å². The van der Waals surface area contributed by atoms with E-state index in [2.05, 4.69) is 47.3 Å². The summed E-state index contributed by atoms with van der Waals surface area (Å²) in [6.45, 7) is 6.36. The number of halogens is 2. The van der Waals surface area contributed by atoms with Crippen LogP contribution in [0, 0.1) is 0 Å². The number of rotatable bonds is 8. The van der Waals surface area contributed by atoms with Gasteiger partial charge in [0, 0.05) is 28.2 Å². The maximum atomic E-state index is 13.4. The van der Waals surface area contributed by atoms with Crippen molar-refractivity contribution < 1.29 is 9.59 Å². The highest BCUT2D eigenvalue weighted by Gasteiger charge is 2.24. The summed E-state index contributed by atoms with van der Waals surface area (Å²) in [7, 11) is 0. The topological polar surface area (TPSA) is 79.3 Å². The van der Waals surface area contributed by atoms with E-state index in [-0.39, 0.29) is 23.9 Å². The maximum absolute atomic E-state index is 13.4. The monoisotopic (exact) mass is 607 g/mol. The average molecular weight is 609 g/mol. The number of anilines is 2. The number of benzene rings is 3. The molecule has 1 aromatic heterocycles. The van der Waals surface area contributed by atoms with Crippen LogP contribution in [0.2, 0.25) is 5.02 Å². The summed E-state index contributed by atoms with van der Waals surface area (Å²) in [6, 6.07) is 26.0. The molecular weight excluding hydrogens is 578 g/mol. The highest BCUT2D eigenvalue weighted by Crippen LogP contribution is 2.29. The summed E-state index contributed by atoms with van der Waals surface area (Å²) in [5.74, 6) is 0.134. The van der Waals surface area contributed by atoms with Crippen LogP contribution in [0.4, 0.5) is 16.3 Å². The van der Waals surface area contributed by atoms with Crippen molar-refractivity contribution >= 4 is 51.0 Å². The fourth-order valence-corrected chi connectivity index (χ4v) is 4.54. The molecule has 202 valence electrons. The molecule has 0 spiro atoms. The normalized spacial score (nSPS) is 11.2. The number of urea groups is 1. The van der Waals surface area contributed by atoms with Crippen molar-refractivity contribution in [3.63, 3.8) is 0 Å². The van der Waals surface area contributed by atoms with Crippen LogP contribution in [0.5, 0.6) is 0 Å². The van der Waals surface area contributed by atoms with E-state index in [1.54, 1.807) is 16.8 Å². The van der Waals surface area contributed by atoms with Crippen LogP contribution in [0.1, 0.15) is 32.0 Å². The summed E-state index contributed by atoms with van der Waals surface area (Å²) >= 11 is 9.89. The van der Waals surface area contributed by atoms with Crippen LogP contribution in [0.25, 0.3) is 5.69 Å². The Hall–Kier alpha value is -3.62. The molecule has 1 heterocycles. The molecule has 4 aromatic rings. The zero-order valence-corrected chi connectivity index (χ0v) is 24.5. The van der Waals surface area contributed by atoms with Gasteiger partial charge in [-0.25, -0.2) is 9.48 Å². The highest BCUT2D eigenvalue weighted by atomic mass is 79.9. The summed E-state index contributed by atoms with van der Waals surface area (Å²) in [5.41, 5.74) is 2.90. The Balaban J connectivity index is 1.56. The number of aromatic nitrogens is 2. The number of amides is 3. The minimum absolute atomic E-state index is 0.148. The van der Waals surface area contributed by atoms with Gasteiger partial charge in [-0.1, -0.05) is 96.8 Å². The first kappa shape index (κ1) is 28.4. The van der Waals surface area contributed by atoms with Crippen LogP contribution in [0.3, 0.4) is 0 Å². The van der Waals surface area contributed by atoms with E-state index in [0.29, 0.717) is 35.2 Å². The van der Waals surface area contributed by atoms with E-state index in [1.807, 2.05) is 72.8 Å². The predicted molar refractivity (Wildman–Crippen MR) is 161 cm³/mol. The van der Waals surface area contributed by atoms with Gasteiger partial charge in [0.1, 0.15) is 12.4 Å². The van der Waals surface area contributed by atoms with Gasteiger partial charge in [0.2, 0.25) is 5.91 Å². The molecule has 0 aliphatic rings. The summed E-state index contributed by atoms with van der Waals surface area (Å²) < 4.78 is 2.48. The van der Waals surface area contributed by atoms with Gasteiger partial charge in [-0.3, -0.25) is 4.79 Å². The number of para-hydroxylation sites is 1. The average Bonchev–Trinajstić information content (AvgIpc) is 3.31. The number of hydrogen-bond donors (Lipinski definition) is 2. The number of nitrogens with one attached hydrogen (secondary N) is 2. The third-order valence-electron chi connectivity index (χ3n) is 6.04. The highest BCUT2D eigenvalue weighted by molar-refractivity contribution is 9.10. The standard InChI is InChI=1S/C30H31BrClN5O2/c1-30(2,3)26-19-27(37(35-26)25-15-8-7-14-24(25)32)34-28(38)20-36(17-16-21-10-5-4-6-11-21)29(39)33-23-13-9-12-22(31)18-23/h4-15,18-19H,16-17,20H2,1-3H3,(H,33,39)(H,34,38). The van der Waals surface area contributed by atoms with Crippen molar-refractivity contribution in [3.8, 4) is 5.69 Å². The molecule has 0 unspecified atom stereocenters. The molecule has 9 heteroatoms. The van der Waals surface area contributed by atoms with Gasteiger partial charge in [0.25, 0.3) is 0 Å². The maximum Gasteiger partial charge on any atom is 0.322 e. The van der Waals surface area contributed by atoms with E-state index in [9.17, 15) is 9.59 Å². The number of carbonyl (C=O) groups is 2. The van der Waals surface area contributed by atoms with Crippen molar-refractivity contribution in [1.29, 1.82) is 0 Å². The molecule has 2 N–H and O–H groups in total. The lowest BCUT2D eigenvalue weighted by molar-refractivity contribution is -0.116. The Morgan fingerprint density at radius 2 is 1.67 bits per heavy atom. The third-order valence-corrected chi connectivity index (χ3v) is 6.85. The van der Waals surface area contributed by atoms with Crippen molar-refractivity contribution in [3.05, 3.63) is 106 Å². The van der Waals surface area contributed by atoms with E-state index >= 15 is 0 Å². The number of carbonyl (C=O) groups excluding carboxylic acids is 2. The molecule has 39 heavy (non-hydrogen) atoms. The minimum atomic E-state index is -0.367. The number of nitrogens with zero attached hydrogens (tertiary/aromatic N) is 3. The molecule has 0 fully saturated rings. The van der Waals surface area contributed by atoms with E-state index in [1.165, 1.54) is 4.90 Å². The zero-order chi connectivity index (χ0) is 28.0. The van der Waals surface area contributed by atoms with Crippen LogP contribution in [0.15, 0.2) is 89.4 Å². The largest absolute Gasteiger partial charge is 0.322 e. The van der Waals surface area contributed by atoms with Gasteiger partial charge in [-0.05, 0) is 42.3 Å². The molecule has 0 saturated carbocycles. The molecular formula is C30H31BrClN5O2. The Kier molecular flexibility index (Phi) is 9.09. The molecule has 7 nitrogen and oxygen atoms in total. The van der Waals surface area contributed by atoms with E-state index in [0.717, 1.165) is 15.7 Å². The fourth-order valence-electron chi connectivity index (χ4n) is 3.93. The number of hydrogen-bond acceptors (Lipinski definition) is 3. The second kappa shape index (κ2) is 12.5. The molecule has 0 aliphatic heterocycles. The van der Waals surface area contributed by atoms with Crippen LogP contribution >= 0.6 is 27.5 Å². The SMILES string of the molecule is CC(C)(C)c1cc(NC(=O)CN(CCc2ccccc2)C(=O)Nc2cccc(Br)c2)n(-c2ccccc2Cl)n1. The fraction of sp³-hybridized carbons (Fsp3) is 0.233. The molecule has 3 aromatic carbocycles. The van der Waals surface area contributed by atoms with Crippen molar-refractivity contribution in [1.82, 2.24) is 14.7 Å². The first-order chi connectivity index (χ1) is 18.6. The third kappa shape index (κ3) is 7.71. The van der Waals surface area contributed by atoms with E-state index < -0.39 is 0 Å². The van der Waals surface area contributed by atoms with Crippen LogP contribution < -0.4 is 10.6 Å². The Bertz CT molecular complexity index is 1450. The van der Waals surface area contributed by atoms with Crippen LogP contribution in [-0.4, -0.2) is 39.7 Å². The Morgan fingerprint density at radius 1 is 0.949 bits per heavy atom. The van der Waals surface area contributed by atoms with Crippen molar-refractivity contribution in [2.75, 3.05) is 23.7 Å². The predicted octanol–water partition coefficient (Wildman–Crippen LogP) is 7.30. The zero-order valence-electron chi connectivity index (χ0n) is 22.1. The molecule has 4 rings (SSSR count). The van der Waals surface area contributed by atoms with Gasteiger partial charge in [0.15, 0.2) is 0 Å². The first-order valence-corrected chi connectivity index (χ1v) is 13.8. The van der Waals surface area contributed by atoms with E-state index in [4.69, 9.17) is 16.7 Å². The lowest BCUT2D eigenvalue weighted by Crippen LogP contribution is -2.42. The smallest absolute Gasteiger partial charge is 0.315 e. The minimum Gasteiger partial charge on any atom is -0.315 e. The molecule has 0 aliphatic carbocycles. The lowest BCUT2D eigenvalue weighted by Gasteiger charge is -2.23. The summed E-state index contributed by atoms with van der Waals surface area (Å²) in [4.78, 5) is 28.1. The van der Waals surface area contributed by atoms with Gasteiger partial charge in [-0.2, -0.15) is 5.10 Å². The Morgan fingerprint density at radius 3 is 2.36 bits per heavy atom. The quantitative estimate of drug-likeness (QED) is 0.220. The second-order valence-corrected chi connectivity index (χ2v) is 11.5. The lowest BCUT2D eigenvalue weighted by atomic mass is 9.92. The Labute approximate surface area is 242 Å². The van der Waals surface area contributed by atoms with Crippen molar-refractivity contribution in [2.24, 2.45) is 0 Å². The van der Waals surface area contributed by atoms with Crippen LogP contribution in [-0.2, 0) is 16.6 Å². The molecule has 3 amide bonds. The van der Waals surface area contributed by atoms with Gasteiger partial charge in [0.05, 0.1) is 16.4 Å². The molecule has 0 atom stereocenters. The summed E-state index contributed by atoms with van der Waals surface area (Å²) in [6.07, 6.45) is 0.603. The summed E-state index contributed by atoms with van der Waals surface area (Å²) in [5, 5.41) is 11.1. The first-order valence-electron chi connectivity index (χ1n) is 12.6. The van der Waals surface area contributed by atoms with Crippen molar-refractivity contribution in [2.45, 2.75) is 32.6 Å². The molecule has 0 saturated heterocycles. The molecule has 0 radical (unpaired) electrons.